The number of methoxy groups -OCH3 is 3. The molecule has 0 unspecified atom stereocenters. The number of nitrogens with one attached hydrogen (secondary N) is 2. The van der Waals surface area contributed by atoms with Crippen molar-refractivity contribution in [2.45, 2.75) is 37.3 Å². The van der Waals surface area contributed by atoms with Crippen molar-refractivity contribution in [3.63, 3.8) is 0 Å². The summed E-state index contributed by atoms with van der Waals surface area (Å²) >= 11 is 1.46. The molecule has 4 rings (SSSR count). The molecule has 1 aromatic heterocycles. The van der Waals surface area contributed by atoms with Crippen LogP contribution in [0.25, 0.3) is 0 Å². The van der Waals surface area contributed by atoms with Gasteiger partial charge >= 0.3 is 0 Å². The number of carbonyl (C=O) groups is 1. The number of aromatic amines is 1. The smallest absolute Gasteiger partial charge is 0.257 e. The minimum atomic E-state index is -0.579. The molecule has 164 valence electrons. The van der Waals surface area contributed by atoms with E-state index < -0.39 is 5.92 Å². The molecule has 0 radical (unpaired) electrons. The molecule has 1 atom stereocenters. The third kappa shape index (κ3) is 3.67. The fourth-order valence-corrected chi connectivity index (χ4v) is 4.84. The summed E-state index contributed by atoms with van der Waals surface area (Å²) in [5.41, 5.74) is 2.30. The van der Waals surface area contributed by atoms with Crippen LogP contribution in [-0.4, -0.2) is 42.8 Å². The summed E-state index contributed by atoms with van der Waals surface area (Å²) in [5.74, 6) is 2.11. The molecule has 1 aliphatic carbocycles. The number of thioether (sulfide) groups is 1. The standard InChI is InChI=1S/C22H25N3O5S/c1-5-31-22-24-20-18(21(27)25-22)16(17-12(23-20)7-6-8-13(17)26)11-9-14(28-2)19(30-4)15(10-11)29-3/h9-10,16H,5-8H2,1-4H3,(H2,23,24,25,27)/t16-/m1/s1. The third-order valence-corrected chi connectivity index (χ3v) is 6.29. The highest BCUT2D eigenvalue weighted by Gasteiger charge is 2.38. The number of hydrogen-bond donors (Lipinski definition) is 2. The summed E-state index contributed by atoms with van der Waals surface area (Å²) in [4.78, 5) is 33.7. The fraction of sp³-hybridized carbons (Fsp3) is 0.409. The van der Waals surface area contributed by atoms with E-state index in [2.05, 4.69) is 15.3 Å². The van der Waals surface area contributed by atoms with Gasteiger partial charge in [-0.15, -0.1) is 0 Å². The number of allylic oxidation sites excluding steroid dienone is 2. The van der Waals surface area contributed by atoms with Crippen molar-refractivity contribution in [3.05, 3.63) is 44.9 Å². The SMILES string of the molecule is CCSc1nc2c(c(=O)[nH]1)[C@H](c1cc(OC)c(OC)c(OC)c1)C1=C(CCCC1=O)N2. The van der Waals surface area contributed by atoms with Gasteiger partial charge in [0.2, 0.25) is 5.75 Å². The lowest BCUT2D eigenvalue weighted by atomic mass is 9.76. The van der Waals surface area contributed by atoms with Crippen LogP contribution in [0.15, 0.2) is 33.4 Å². The maximum absolute atomic E-state index is 13.2. The molecule has 9 heteroatoms. The summed E-state index contributed by atoms with van der Waals surface area (Å²) in [7, 11) is 4.61. The van der Waals surface area contributed by atoms with Crippen molar-refractivity contribution in [2.75, 3.05) is 32.4 Å². The lowest BCUT2D eigenvalue weighted by molar-refractivity contribution is -0.116. The summed E-state index contributed by atoms with van der Waals surface area (Å²) < 4.78 is 16.5. The predicted octanol–water partition coefficient (Wildman–Crippen LogP) is 3.47. The zero-order valence-corrected chi connectivity index (χ0v) is 18.8. The molecule has 0 fully saturated rings. The highest BCUT2D eigenvalue weighted by Crippen LogP contribution is 2.47. The quantitative estimate of drug-likeness (QED) is 0.517. The Balaban J connectivity index is 1.99. The Morgan fingerprint density at radius 3 is 2.42 bits per heavy atom. The topological polar surface area (TPSA) is 103 Å². The zero-order valence-electron chi connectivity index (χ0n) is 18.0. The van der Waals surface area contributed by atoms with Gasteiger partial charge in [-0.3, -0.25) is 9.59 Å². The minimum absolute atomic E-state index is 0.0320. The van der Waals surface area contributed by atoms with Crippen molar-refractivity contribution in [2.24, 2.45) is 0 Å². The van der Waals surface area contributed by atoms with Gasteiger partial charge in [0.15, 0.2) is 22.4 Å². The van der Waals surface area contributed by atoms with Crippen LogP contribution in [0.4, 0.5) is 5.82 Å². The van der Waals surface area contributed by atoms with E-state index in [9.17, 15) is 9.59 Å². The Labute approximate surface area is 184 Å². The molecule has 1 aromatic carbocycles. The van der Waals surface area contributed by atoms with Gasteiger partial charge in [0.25, 0.3) is 5.56 Å². The number of benzene rings is 1. The van der Waals surface area contributed by atoms with Gasteiger partial charge in [-0.2, -0.15) is 0 Å². The van der Waals surface area contributed by atoms with Gasteiger partial charge in [-0.05, 0) is 36.3 Å². The van der Waals surface area contributed by atoms with Crippen LogP contribution < -0.4 is 25.1 Å². The van der Waals surface area contributed by atoms with Crippen LogP contribution in [0.2, 0.25) is 0 Å². The second-order valence-corrected chi connectivity index (χ2v) is 8.50. The summed E-state index contributed by atoms with van der Waals surface area (Å²) in [6, 6.07) is 3.59. The lowest BCUT2D eigenvalue weighted by Crippen LogP contribution is -2.32. The van der Waals surface area contributed by atoms with Crippen LogP contribution in [0, 0.1) is 0 Å². The van der Waals surface area contributed by atoms with E-state index in [0.29, 0.717) is 51.3 Å². The molecule has 0 bridgehead atoms. The van der Waals surface area contributed by atoms with Crippen LogP contribution in [0.1, 0.15) is 43.2 Å². The molecule has 2 aromatic rings. The van der Waals surface area contributed by atoms with E-state index >= 15 is 0 Å². The fourth-order valence-electron chi connectivity index (χ4n) is 4.25. The maximum Gasteiger partial charge on any atom is 0.257 e. The molecule has 0 amide bonds. The zero-order chi connectivity index (χ0) is 22.1. The molecular weight excluding hydrogens is 418 g/mol. The summed E-state index contributed by atoms with van der Waals surface area (Å²) in [5, 5.41) is 3.83. The van der Waals surface area contributed by atoms with Gasteiger partial charge in [-0.1, -0.05) is 18.7 Å². The van der Waals surface area contributed by atoms with Crippen molar-refractivity contribution in [3.8, 4) is 17.2 Å². The molecule has 0 spiro atoms. The monoisotopic (exact) mass is 443 g/mol. The third-order valence-electron chi connectivity index (χ3n) is 5.54. The van der Waals surface area contributed by atoms with E-state index in [0.717, 1.165) is 24.3 Å². The predicted molar refractivity (Wildman–Crippen MR) is 119 cm³/mol. The second kappa shape index (κ2) is 8.66. The molecule has 1 aliphatic heterocycles. The van der Waals surface area contributed by atoms with E-state index in [4.69, 9.17) is 14.2 Å². The number of hydrogen-bond acceptors (Lipinski definition) is 8. The highest BCUT2D eigenvalue weighted by atomic mass is 32.2. The first kappa shape index (κ1) is 21.3. The number of carbonyl (C=O) groups excluding carboxylic acids is 1. The Morgan fingerprint density at radius 2 is 1.81 bits per heavy atom. The molecule has 2 heterocycles. The van der Waals surface area contributed by atoms with Crippen LogP contribution in [-0.2, 0) is 4.79 Å². The molecule has 8 nitrogen and oxygen atoms in total. The first-order valence-corrected chi connectivity index (χ1v) is 11.1. The summed E-state index contributed by atoms with van der Waals surface area (Å²) in [6.45, 7) is 2.00. The van der Waals surface area contributed by atoms with Crippen LogP contribution in [0.5, 0.6) is 17.2 Å². The molecular formula is C22H25N3O5S. The Bertz CT molecular complexity index is 1100. The lowest BCUT2D eigenvalue weighted by Gasteiger charge is -2.33. The number of H-pyrrole nitrogens is 1. The van der Waals surface area contributed by atoms with E-state index in [1.807, 2.05) is 6.92 Å². The van der Waals surface area contributed by atoms with Gasteiger partial charge < -0.3 is 24.5 Å². The Hall–Kier alpha value is -2.94. The van der Waals surface area contributed by atoms with Crippen LogP contribution in [0.3, 0.4) is 0 Å². The maximum atomic E-state index is 13.2. The molecule has 0 saturated heterocycles. The molecule has 2 N–H and O–H groups in total. The van der Waals surface area contributed by atoms with Gasteiger partial charge in [-0.25, -0.2) is 4.98 Å². The van der Waals surface area contributed by atoms with E-state index in [-0.39, 0.29) is 11.3 Å². The Kier molecular flexibility index (Phi) is 5.95. The minimum Gasteiger partial charge on any atom is -0.493 e. The second-order valence-electron chi connectivity index (χ2n) is 7.25. The number of nitrogens with zero attached hydrogens (tertiary/aromatic N) is 1. The van der Waals surface area contributed by atoms with Crippen molar-refractivity contribution < 1.29 is 19.0 Å². The van der Waals surface area contributed by atoms with E-state index in [1.54, 1.807) is 12.1 Å². The number of Topliss-reactive ketones (excluding diaryl/α,β-unsaturated/α-hetero) is 1. The number of ketones is 1. The number of aromatic nitrogens is 2. The number of anilines is 1. The summed E-state index contributed by atoms with van der Waals surface area (Å²) in [6.07, 6.45) is 1.94. The van der Waals surface area contributed by atoms with E-state index in [1.165, 1.54) is 33.1 Å². The molecule has 0 saturated carbocycles. The normalized spacial score (nSPS) is 17.5. The Morgan fingerprint density at radius 1 is 1.10 bits per heavy atom. The average Bonchev–Trinajstić information content (AvgIpc) is 2.77. The van der Waals surface area contributed by atoms with Gasteiger partial charge in [0, 0.05) is 23.6 Å². The van der Waals surface area contributed by atoms with Gasteiger partial charge in [0.1, 0.15) is 5.82 Å². The number of ether oxygens (including phenoxy) is 3. The number of fused-ring (bicyclic) bond motifs is 1. The average molecular weight is 444 g/mol. The number of rotatable bonds is 6. The van der Waals surface area contributed by atoms with Crippen LogP contribution >= 0.6 is 11.8 Å². The first-order valence-electron chi connectivity index (χ1n) is 10.1. The molecule has 2 aliphatic rings. The van der Waals surface area contributed by atoms with Crippen molar-refractivity contribution >= 4 is 23.4 Å². The van der Waals surface area contributed by atoms with Crippen molar-refractivity contribution in [1.29, 1.82) is 0 Å². The highest BCUT2D eigenvalue weighted by molar-refractivity contribution is 7.99. The molecule has 31 heavy (non-hydrogen) atoms. The van der Waals surface area contributed by atoms with Gasteiger partial charge in [0.05, 0.1) is 26.9 Å². The largest absolute Gasteiger partial charge is 0.493 e. The van der Waals surface area contributed by atoms with Crippen molar-refractivity contribution in [1.82, 2.24) is 9.97 Å². The first-order chi connectivity index (χ1) is 15.0.